The fourth-order valence-electron chi connectivity index (χ4n) is 3.22. The van der Waals surface area contributed by atoms with Gasteiger partial charge in [0.1, 0.15) is 6.29 Å². The predicted octanol–water partition coefficient (Wildman–Crippen LogP) is 4.75. The summed E-state index contributed by atoms with van der Waals surface area (Å²) in [6, 6.07) is 10.5. The summed E-state index contributed by atoms with van der Waals surface area (Å²) < 4.78 is 0. The minimum atomic E-state index is 0.723. The van der Waals surface area contributed by atoms with Gasteiger partial charge in [-0.05, 0) is 69.2 Å². The van der Waals surface area contributed by atoms with E-state index in [-0.39, 0.29) is 0 Å². The van der Waals surface area contributed by atoms with E-state index in [4.69, 9.17) is 0 Å². The molecule has 0 saturated heterocycles. The van der Waals surface area contributed by atoms with Crippen molar-refractivity contribution in [3.05, 3.63) is 47.0 Å². The van der Waals surface area contributed by atoms with Gasteiger partial charge in [0, 0.05) is 18.7 Å². The van der Waals surface area contributed by atoms with Crippen molar-refractivity contribution >= 4 is 29.0 Å². The van der Waals surface area contributed by atoms with Gasteiger partial charge in [-0.3, -0.25) is 4.79 Å². The topological polar surface area (TPSA) is 23.6 Å². The highest BCUT2D eigenvalue weighted by molar-refractivity contribution is 5.95. The maximum Gasteiger partial charge on any atom is 0.150 e. The van der Waals surface area contributed by atoms with E-state index in [1.807, 2.05) is 12.1 Å². The number of anilines is 4. The Morgan fingerprint density at radius 3 is 1.82 bits per heavy atom. The third-order valence-corrected chi connectivity index (χ3v) is 4.52. The summed E-state index contributed by atoms with van der Waals surface area (Å²) in [5.41, 5.74) is 8.09. The van der Waals surface area contributed by atoms with Gasteiger partial charge in [0.25, 0.3) is 0 Å². The normalized spacial score (nSPS) is 12.9. The zero-order valence-corrected chi connectivity index (χ0v) is 13.7. The van der Waals surface area contributed by atoms with Gasteiger partial charge >= 0.3 is 0 Å². The van der Waals surface area contributed by atoms with Crippen molar-refractivity contribution in [3.8, 4) is 0 Å². The van der Waals surface area contributed by atoms with Crippen molar-refractivity contribution in [1.29, 1.82) is 0 Å². The van der Waals surface area contributed by atoms with Crippen LogP contribution in [0.5, 0.6) is 0 Å². The van der Waals surface area contributed by atoms with E-state index in [0.29, 0.717) is 0 Å². The molecule has 0 N–H and O–H groups in total. The van der Waals surface area contributed by atoms with Crippen LogP contribution in [0.15, 0.2) is 30.3 Å². The van der Waals surface area contributed by atoms with Crippen molar-refractivity contribution in [3.63, 3.8) is 0 Å². The fourth-order valence-corrected chi connectivity index (χ4v) is 3.22. The molecule has 0 saturated carbocycles. The second kappa shape index (κ2) is 5.48. The summed E-state index contributed by atoms with van der Waals surface area (Å²) in [6.07, 6.45) is 0.917. The third kappa shape index (κ3) is 2.08. The molecule has 114 valence electrons. The Hall–Kier alpha value is -2.29. The predicted molar refractivity (Wildman–Crippen MR) is 93.1 cm³/mol. The molecule has 0 aromatic heterocycles. The summed E-state index contributed by atoms with van der Waals surface area (Å²) >= 11 is 0. The van der Waals surface area contributed by atoms with Crippen LogP contribution in [0.1, 0.15) is 35.3 Å². The van der Waals surface area contributed by atoms with Crippen LogP contribution in [0.3, 0.4) is 0 Å². The van der Waals surface area contributed by atoms with Gasteiger partial charge in [0.15, 0.2) is 0 Å². The highest BCUT2D eigenvalue weighted by Crippen LogP contribution is 2.48. The number of fused-ring (bicyclic) bond motifs is 2. The number of aldehydes is 1. The van der Waals surface area contributed by atoms with Crippen LogP contribution in [0.2, 0.25) is 0 Å². The smallest absolute Gasteiger partial charge is 0.150 e. The number of carbonyl (C=O) groups excluding carboxylic acids is 1. The monoisotopic (exact) mass is 294 g/mol. The number of rotatable bonds is 3. The molecule has 0 radical (unpaired) electrons. The van der Waals surface area contributed by atoms with Crippen molar-refractivity contribution < 1.29 is 4.79 Å². The molecule has 0 fully saturated rings. The van der Waals surface area contributed by atoms with Gasteiger partial charge in [0.05, 0.1) is 22.7 Å². The average molecular weight is 294 g/mol. The maximum atomic E-state index is 11.2. The van der Waals surface area contributed by atoms with Gasteiger partial charge in [-0.15, -0.1) is 0 Å². The number of aryl methyl sites for hydroxylation is 2. The Bertz CT molecular complexity index is 736. The van der Waals surface area contributed by atoms with Crippen molar-refractivity contribution in [2.75, 3.05) is 22.9 Å². The van der Waals surface area contributed by atoms with Crippen molar-refractivity contribution in [2.24, 2.45) is 0 Å². The van der Waals surface area contributed by atoms with E-state index >= 15 is 0 Å². The van der Waals surface area contributed by atoms with Crippen LogP contribution in [0.25, 0.3) is 0 Å². The first-order valence-corrected chi connectivity index (χ1v) is 7.86. The average Bonchev–Trinajstić information content (AvgIpc) is 2.53. The Kier molecular flexibility index (Phi) is 3.65. The van der Waals surface area contributed by atoms with E-state index in [2.05, 4.69) is 55.7 Å². The summed E-state index contributed by atoms with van der Waals surface area (Å²) in [4.78, 5) is 15.8. The van der Waals surface area contributed by atoms with Crippen LogP contribution >= 0.6 is 0 Å². The van der Waals surface area contributed by atoms with Gasteiger partial charge in [-0.1, -0.05) is 0 Å². The first-order chi connectivity index (χ1) is 10.6. The molecule has 3 nitrogen and oxygen atoms in total. The lowest BCUT2D eigenvalue weighted by atomic mass is 10.0. The summed E-state index contributed by atoms with van der Waals surface area (Å²) in [5.74, 6) is 0. The highest BCUT2D eigenvalue weighted by Gasteiger charge is 2.27. The lowest BCUT2D eigenvalue weighted by Gasteiger charge is -2.40. The number of carbonyl (C=O) groups is 1. The summed E-state index contributed by atoms with van der Waals surface area (Å²) in [5, 5.41) is 0. The van der Waals surface area contributed by atoms with Gasteiger partial charge in [-0.2, -0.15) is 0 Å². The Morgan fingerprint density at radius 1 is 0.818 bits per heavy atom. The summed E-state index contributed by atoms with van der Waals surface area (Å²) in [6.45, 7) is 10.4. The molecule has 2 aromatic rings. The molecular formula is C19H22N2O. The lowest BCUT2D eigenvalue weighted by Crippen LogP contribution is -2.29. The molecule has 3 heteroatoms. The molecule has 2 aromatic carbocycles. The summed E-state index contributed by atoms with van der Waals surface area (Å²) in [7, 11) is 0. The van der Waals surface area contributed by atoms with Crippen LogP contribution < -0.4 is 9.80 Å². The number of nitrogens with zero attached hydrogens (tertiary/aromatic N) is 2. The molecule has 1 aliphatic rings. The molecule has 3 rings (SSSR count). The molecule has 0 atom stereocenters. The maximum absolute atomic E-state index is 11.2. The van der Waals surface area contributed by atoms with E-state index in [1.54, 1.807) is 0 Å². The van der Waals surface area contributed by atoms with Crippen molar-refractivity contribution in [2.45, 2.75) is 27.7 Å². The standard InChI is InChI=1S/C19H22N2O/c1-5-20-16-8-7-15(12-22)11-19(16)21(6-2)18-10-14(4)13(3)9-17(18)20/h7-12H,5-6H2,1-4H3. The number of benzene rings is 2. The van der Waals surface area contributed by atoms with Crippen LogP contribution in [-0.2, 0) is 0 Å². The van der Waals surface area contributed by atoms with Crippen LogP contribution in [-0.4, -0.2) is 19.4 Å². The first-order valence-electron chi connectivity index (χ1n) is 7.86. The molecular weight excluding hydrogens is 272 g/mol. The van der Waals surface area contributed by atoms with E-state index in [0.717, 1.165) is 30.6 Å². The number of hydrogen-bond acceptors (Lipinski definition) is 3. The fraction of sp³-hybridized carbons (Fsp3) is 0.316. The second-order valence-corrected chi connectivity index (χ2v) is 5.78. The van der Waals surface area contributed by atoms with E-state index < -0.39 is 0 Å². The molecule has 22 heavy (non-hydrogen) atoms. The molecule has 0 aliphatic carbocycles. The highest BCUT2D eigenvalue weighted by atomic mass is 16.1. The first kappa shape index (κ1) is 14.6. The Morgan fingerprint density at radius 2 is 1.32 bits per heavy atom. The minimum absolute atomic E-state index is 0.723. The largest absolute Gasteiger partial charge is 0.338 e. The quantitative estimate of drug-likeness (QED) is 0.764. The number of hydrogen-bond donors (Lipinski definition) is 0. The molecule has 0 unspecified atom stereocenters. The minimum Gasteiger partial charge on any atom is -0.338 e. The molecule has 0 amide bonds. The van der Waals surface area contributed by atoms with Gasteiger partial charge < -0.3 is 9.80 Å². The Labute approximate surface area is 132 Å². The van der Waals surface area contributed by atoms with E-state index in [9.17, 15) is 4.79 Å². The molecule has 1 heterocycles. The lowest BCUT2D eigenvalue weighted by molar-refractivity contribution is 0.112. The SMILES string of the molecule is CCN1c2ccc(C=O)cc2N(CC)c2cc(C)c(C)cc21. The van der Waals surface area contributed by atoms with E-state index in [1.165, 1.54) is 28.2 Å². The zero-order valence-electron chi connectivity index (χ0n) is 13.7. The van der Waals surface area contributed by atoms with Crippen molar-refractivity contribution in [1.82, 2.24) is 0 Å². The third-order valence-electron chi connectivity index (χ3n) is 4.52. The second-order valence-electron chi connectivity index (χ2n) is 5.78. The van der Waals surface area contributed by atoms with Crippen LogP contribution in [0, 0.1) is 13.8 Å². The van der Waals surface area contributed by atoms with Gasteiger partial charge in [-0.25, -0.2) is 0 Å². The van der Waals surface area contributed by atoms with Gasteiger partial charge in [0.2, 0.25) is 0 Å². The van der Waals surface area contributed by atoms with Crippen LogP contribution in [0.4, 0.5) is 22.7 Å². The zero-order chi connectivity index (χ0) is 15.9. The Balaban J connectivity index is 2.28. The molecule has 1 aliphatic heterocycles. The molecule has 0 spiro atoms. The molecule has 0 bridgehead atoms.